The third-order valence-electron chi connectivity index (χ3n) is 2.48. The van der Waals surface area contributed by atoms with Crippen molar-refractivity contribution in [3.05, 3.63) is 34.1 Å². The molecule has 0 radical (unpaired) electrons. The summed E-state index contributed by atoms with van der Waals surface area (Å²) in [6.45, 7) is 3.70. The fraction of sp³-hybridized carbons (Fsp3) is 0.385. The molecule has 4 nitrogen and oxygen atoms in total. The van der Waals surface area contributed by atoms with E-state index in [2.05, 4.69) is 21.2 Å². The molecule has 0 heterocycles. The molecule has 0 saturated heterocycles. The first-order valence-electron chi connectivity index (χ1n) is 5.80. The van der Waals surface area contributed by atoms with E-state index in [-0.39, 0.29) is 17.9 Å². The standard InChI is InChI=1S/C13H15BrFNO3/c1-7(2)5-11(13(18)19)16-12(17)9-6-8(14)3-4-10(9)15/h3-4,6-7,11H,5H2,1-2H3,(H,16,17)(H,18,19)/t11-/m0/s1. The number of hydrogen-bond donors (Lipinski definition) is 2. The van der Waals surface area contributed by atoms with E-state index in [1.54, 1.807) is 0 Å². The number of carboxylic acid groups (broad SMARTS) is 1. The van der Waals surface area contributed by atoms with Crippen molar-refractivity contribution in [1.82, 2.24) is 5.32 Å². The lowest BCUT2D eigenvalue weighted by atomic mass is 10.0. The molecule has 0 aromatic heterocycles. The average molecular weight is 332 g/mol. The molecule has 1 aromatic rings. The van der Waals surface area contributed by atoms with Gasteiger partial charge >= 0.3 is 5.97 Å². The van der Waals surface area contributed by atoms with E-state index in [1.165, 1.54) is 12.1 Å². The number of carboxylic acids is 1. The third-order valence-corrected chi connectivity index (χ3v) is 2.98. The molecule has 0 aliphatic heterocycles. The van der Waals surface area contributed by atoms with E-state index in [1.807, 2.05) is 13.8 Å². The summed E-state index contributed by atoms with van der Waals surface area (Å²) in [6, 6.07) is 2.91. The second-order valence-electron chi connectivity index (χ2n) is 4.62. The van der Waals surface area contributed by atoms with Gasteiger partial charge in [0, 0.05) is 4.47 Å². The number of nitrogens with one attached hydrogen (secondary N) is 1. The maximum absolute atomic E-state index is 13.5. The maximum atomic E-state index is 13.5. The van der Waals surface area contributed by atoms with Gasteiger partial charge in [0.15, 0.2) is 0 Å². The largest absolute Gasteiger partial charge is 0.480 e. The van der Waals surface area contributed by atoms with Crippen molar-refractivity contribution in [3.63, 3.8) is 0 Å². The molecule has 0 fully saturated rings. The predicted octanol–water partition coefficient (Wildman–Crippen LogP) is 2.82. The molecule has 104 valence electrons. The van der Waals surface area contributed by atoms with E-state index in [4.69, 9.17) is 5.11 Å². The van der Waals surface area contributed by atoms with Gasteiger partial charge in [-0.25, -0.2) is 9.18 Å². The minimum Gasteiger partial charge on any atom is -0.480 e. The Bertz CT molecular complexity index is 491. The van der Waals surface area contributed by atoms with Crippen LogP contribution in [0.15, 0.2) is 22.7 Å². The Morgan fingerprint density at radius 2 is 2.05 bits per heavy atom. The fourth-order valence-corrected chi connectivity index (χ4v) is 1.96. The van der Waals surface area contributed by atoms with E-state index in [0.717, 1.165) is 6.07 Å². The van der Waals surface area contributed by atoms with Gasteiger partial charge in [-0.15, -0.1) is 0 Å². The second-order valence-corrected chi connectivity index (χ2v) is 5.53. The summed E-state index contributed by atoms with van der Waals surface area (Å²) >= 11 is 3.14. The van der Waals surface area contributed by atoms with E-state index >= 15 is 0 Å². The molecular formula is C13H15BrFNO3. The van der Waals surface area contributed by atoms with Crippen molar-refractivity contribution < 1.29 is 19.1 Å². The van der Waals surface area contributed by atoms with E-state index in [0.29, 0.717) is 4.47 Å². The first-order valence-corrected chi connectivity index (χ1v) is 6.59. The van der Waals surface area contributed by atoms with Crippen LogP contribution in [0.4, 0.5) is 4.39 Å². The number of carbonyl (C=O) groups is 2. The van der Waals surface area contributed by atoms with Gasteiger partial charge in [0.25, 0.3) is 5.91 Å². The zero-order valence-electron chi connectivity index (χ0n) is 10.6. The number of carbonyl (C=O) groups excluding carboxylic acids is 1. The lowest BCUT2D eigenvalue weighted by Gasteiger charge is -2.16. The van der Waals surface area contributed by atoms with Crippen LogP contribution in [0.1, 0.15) is 30.6 Å². The number of rotatable bonds is 5. The Kier molecular flexibility index (Phi) is 5.47. The topological polar surface area (TPSA) is 66.4 Å². The number of amides is 1. The van der Waals surface area contributed by atoms with Crippen LogP contribution in [-0.2, 0) is 4.79 Å². The van der Waals surface area contributed by atoms with Gasteiger partial charge in [0.1, 0.15) is 11.9 Å². The Hall–Kier alpha value is -1.43. The average Bonchev–Trinajstić information content (AvgIpc) is 2.30. The molecule has 6 heteroatoms. The molecule has 0 unspecified atom stereocenters. The molecule has 0 aliphatic carbocycles. The third kappa shape index (κ3) is 4.63. The fourth-order valence-electron chi connectivity index (χ4n) is 1.60. The smallest absolute Gasteiger partial charge is 0.326 e. The van der Waals surface area contributed by atoms with Crippen LogP contribution in [-0.4, -0.2) is 23.0 Å². The van der Waals surface area contributed by atoms with Crippen molar-refractivity contribution in [2.75, 3.05) is 0 Å². The van der Waals surface area contributed by atoms with Crippen LogP contribution in [0, 0.1) is 11.7 Å². The molecular weight excluding hydrogens is 317 g/mol. The van der Waals surface area contributed by atoms with Gasteiger partial charge < -0.3 is 10.4 Å². The van der Waals surface area contributed by atoms with Crippen molar-refractivity contribution in [2.45, 2.75) is 26.3 Å². The molecule has 19 heavy (non-hydrogen) atoms. The first kappa shape index (κ1) is 15.6. The molecule has 0 saturated carbocycles. The van der Waals surface area contributed by atoms with Crippen LogP contribution < -0.4 is 5.32 Å². The Morgan fingerprint density at radius 3 is 2.58 bits per heavy atom. The highest BCUT2D eigenvalue weighted by Crippen LogP contribution is 2.16. The molecule has 0 spiro atoms. The summed E-state index contributed by atoms with van der Waals surface area (Å²) in [5.41, 5.74) is -0.176. The lowest BCUT2D eigenvalue weighted by molar-refractivity contribution is -0.139. The Morgan fingerprint density at radius 1 is 1.42 bits per heavy atom. The number of benzene rings is 1. The summed E-state index contributed by atoms with van der Waals surface area (Å²) in [5, 5.41) is 11.4. The SMILES string of the molecule is CC(C)C[C@H](NC(=O)c1cc(Br)ccc1F)C(=O)O. The summed E-state index contributed by atoms with van der Waals surface area (Å²) in [7, 11) is 0. The maximum Gasteiger partial charge on any atom is 0.326 e. The Labute approximate surface area is 119 Å². The molecule has 1 rings (SSSR count). The van der Waals surface area contributed by atoms with E-state index in [9.17, 15) is 14.0 Å². The highest BCUT2D eigenvalue weighted by atomic mass is 79.9. The molecule has 1 atom stereocenters. The molecule has 1 amide bonds. The molecule has 0 bridgehead atoms. The summed E-state index contributed by atoms with van der Waals surface area (Å²) in [5.74, 6) is -2.44. The predicted molar refractivity (Wildman–Crippen MR) is 72.4 cm³/mol. The van der Waals surface area contributed by atoms with Crippen molar-refractivity contribution in [2.24, 2.45) is 5.92 Å². The number of aliphatic carboxylic acids is 1. The van der Waals surface area contributed by atoms with Crippen LogP contribution in [0.3, 0.4) is 0 Å². The Balaban J connectivity index is 2.87. The summed E-state index contributed by atoms with van der Waals surface area (Å²) in [6.07, 6.45) is 0.288. The molecule has 0 aliphatic rings. The monoisotopic (exact) mass is 331 g/mol. The zero-order valence-corrected chi connectivity index (χ0v) is 12.2. The van der Waals surface area contributed by atoms with Crippen molar-refractivity contribution in [3.8, 4) is 0 Å². The first-order chi connectivity index (χ1) is 8.81. The van der Waals surface area contributed by atoms with Crippen LogP contribution >= 0.6 is 15.9 Å². The van der Waals surface area contributed by atoms with Crippen LogP contribution in [0.2, 0.25) is 0 Å². The minimum atomic E-state index is -1.13. The summed E-state index contributed by atoms with van der Waals surface area (Å²) in [4.78, 5) is 22.9. The highest BCUT2D eigenvalue weighted by Gasteiger charge is 2.23. The highest BCUT2D eigenvalue weighted by molar-refractivity contribution is 9.10. The van der Waals surface area contributed by atoms with Gasteiger partial charge in [-0.2, -0.15) is 0 Å². The summed E-state index contributed by atoms with van der Waals surface area (Å²) < 4.78 is 14.1. The van der Waals surface area contributed by atoms with E-state index < -0.39 is 23.7 Å². The van der Waals surface area contributed by atoms with Gasteiger partial charge in [0.2, 0.25) is 0 Å². The normalized spacial score (nSPS) is 12.3. The van der Waals surface area contributed by atoms with Gasteiger partial charge in [-0.05, 0) is 30.5 Å². The van der Waals surface area contributed by atoms with Crippen LogP contribution in [0.5, 0.6) is 0 Å². The van der Waals surface area contributed by atoms with Crippen LogP contribution in [0.25, 0.3) is 0 Å². The molecule has 1 aromatic carbocycles. The molecule has 2 N–H and O–H groups in total. The van der Waals surface area contributed by atoms with Gasteiger partial charge in [0.05, 0.1) is 5.56 Å². The second kappa shape index (κ2) is 6.65. The number of halogens is 2. The number of hydrogen-bond acceptors (Lipinski definition) is 2. The van der Waals surface area contributed by atoms with Gasteiger partial charge in [-0.1, -0.05) is 29.8 Å². The van der Waals surface area contributed by atoms with Crippen molar-refractivity contribution in [1.29, 1.82) is 0 Å². The minimum absolute atomic E-state index is 0.105. The van der Waals surface area contributed by atoms with Gasteiger partial charge in [-0.3, -0.25) is 4.79 Å². The zero-order chi connectivity index (χ0) is 14.6. The van der Waals surface area contributed by atoms with Crippen molar-refractivity contribution >= 4 is 27.8 Å². The lowest BCUT2D eigenvalue weighted by Crippen LogP contribution is -2.41. The quantitative estimate of drug-likeness (QED) is 0.871.